The zero-order valence-corrected chi connectivity index (χ0v) is 16.7. The Bertz CT molecular complexity index is 817. The van der Waals surface area contributed by atoms with Crippen LogP contribution >= 0.6 is 0 Å². The van der Waals surface area contributed by atoms with Gasteiger partial charge in [-0.15, -0.1) is 0 Å². The Hall–Kier alpha value is -2.33. The summed E-state index contributed by atoms with van der Waals surface area (Å²) in [6.07, 6.45) is 1.59. The van der Waals surface area contributed by atoms with E-state index in [0.29, 0.717) is 25.6 Å². The first kappa shape index (κ1) is 19.0. The zero-order valence-electron chi connectivity index (χ0n) is 16.7. The van der Waals surface area contributed by atoms with Crippen molar-refractivity contribution in [1.82, 2.24) is 4.90 Å². The molecule has 28 heavy (non-hydrogen) atoms. The van der Waals surface area contributed by atoms with E-state index >= 15 is 0 Å². The Balaban J connectivity index is 1.48. The molecule has 0 aromatic heterocycles. The minimum absolute atomic E-state index is 0.0776. The Morgan fingerprint density at radius 3 is 2.32 bits per heavy atom. The van der Waals surface area contributed by atoms with Crippen LogP contribution in [0.25, 0.3) is 11.1 Å². The van der Waals surface area contributed by atoms with Crippen molar-refractivity contribution < 1.29 is 14.6 Å². The topological polar surface area (TPSA) is 49.8 Å². The molecule has 148 valence electrons. The van der Waals surface area contributed by atoms with Gasteiger partial charge in [-0.05, 0) is 41.0 Å². The fraction of sp³-hybridized carbons (Fsp3) is 0.458. The molecule has 4 rings (SSSR count). The number of aliphatic hydroxyl groups is 1. The number of hydrogen-bond donors (Lipinski definition) is 1. The van der Waals surface area contributed by atoms with Gasteiger partial charge >= 0.3 is 6.09 Å². The van der Waals surface area contributed by atoms with Crippen molar-refractivity contribution in [1.29, 1.82) is 0 Å². The quantitative estimate of drug-likeness (QED) is 0.840. The third-order valence-corrected chi connectivity index (χ3v) is 6.74. The third kappa shape index (κ3) is 3.20. The van der Waals surface area contributed by atoms with Gasteiger partial charge in [-0.2, -0.15) is 0 Å². The van der Waals surface area contributed by atoms with Crippen molar-refractivity contribution in [2.45, 2.75) is 32.6 Å². The van der Waals surface area contributed by atoms with Crippen molar-refractivity contribution in [2.75, 3.05) is 26.3 Å². The molecular formula is C24H29NO3. The number of carbonyl (C=O) groups is 1. The Labute approximate surface area is 167 Å². The first-order valence-electron chi connectivity index (χ1n) is 10.3. The summed E-state index contributed by atoms with van der Waals surface area (Å²) < 4.78 is 5.80. The maximum absolute atomic E-state index is 12.8. The molecule has 0 saturated carbocycles. The summed E-state index contributed by atoms with van der Waals surface area (Å²) in [5.41, 5.74) is 4.70. The number of aliphatic hydroxyl groups excluding tert-OH is 1. The van der Waals surface area contributed by atoms with E-state index in [1.165, 1.54) is 22.3 Å². The number of nitrogens with zero attached hydrogens (tertiary/aromatic N) is 1. The smallest absolute Gasteiger partial charge is 0.409 e. The van der Waals surface area contributed by atoms with Crippen LogP contribution < -0.4 is 0 Å². The molecule has 2 aromatic carbocycles. The number of fused-ring (bicyclic) bond motifs is 3. The largest absolute Gasteiger partial charge is 0.448 e. The lowest BCUT2D eigenvalue weighted by Crippen LogP contribution is -2.50. The highest BCUT2D eigenvalue weighted by molar-refractivity contribution is 5.79. The van der Waals surface area contributed by atoms with Gasteiger partial charge in [0, 0.05) is 24.4 Å². The lowest BCUT2D eigenvalue weighted by atomic mass is 9.72. The van der Waals surface area contributed by atoms with E-state index in [1.54, 1.807) is 4.90 Å². The van der Waals surface area contributed by atoms with Gasteiger partial charge in [0.25, 0.3) is 0 Å². The monoisotopic (exact) mass is 379 g/mol. The number of amides is 1. The predicted molar refractivity (Wildman–Crippen MR) is 110 cm³/mol. The minimum atomic E-state index is -0.264. The van der Waals surface area contributed by atoms with Crippen LogP contribution in [0, 0.1) is 11.3 Å². The molecule has 1 fully saturated rings. The number of ether oxygens (including phenoxy) is 1. The summed E-state index contributed by atoms with van der Waals surface area (Å²) in [6, 6.07) is 16.7. The molecule has 1 aliphatic carbocycles. The molecule has 1 saturated heterocycles. The second kappa shape index (κ2) is 7.59. The number of rotatable bonds is 4. The second-order valence-corrected chi connectivity index (χ2v) is 8.50. The van der Waals surface area contributed by atoms with Crippen LogP contribution in [-0.2, 0) is 4.74 Å². The summed E-state index contributed by atoms with van der Waals surface area (Å²) in [5, 5.41) is 9.95. The molecule has 1 heterocycles. The average Bonchev–Trinajstić information content (AvgIpc) is 3.05. The Morgan fingerprint density at radius 2 is 1.75 bits per heavy atom. The number of likely N-dealkylation sites (tertiary alicyclic amines) is 1. The lowest BCUT2D eigenvalue weighted by Gasteiger charge is -2.44. The maximum Gasteiger partial charge on any atom is 0.409 e. The molecule has 4 nitrogen and oxygen atoms in total. The Kier molecular flexibility index (Phi) is 5.15. The lowest BCUT2D eigenvalue weighted by molar-refractivity contribution is -0.00484. The van der Waals surface area contributed by atoms with E-state index in [0.717, 1.165) is 12.8 Å². The highest BCUT2D eigenvalue weighted by Gasteiger charge is 2.40. The molecule has 2 aliphatic rings. The van der Waals surface area contributed by atoms with E-state index in [-0.39, 0.29) is 24.0 Å². The van der Waals surface area contributed by atoms with Crippen LogP contribution in [0.1, 0.15) is 43.7 Å². The van der Waals surface area contributed by atoms with E-state index in [2.05, 4.69) is 50.2 Å². The molecule has 1 amide bonds. The molecular weight excluding hydrogens is 350 g/mol. The number of piperidine rings is 1. The van der Waals surface area contributed by atoms with Crippen molar-refractivity contribution >= 4 is 6.09 Å². The van der Waals surface area contributed by atoms with Crippen LogP contribution in [0.2, 0.25) is 0 Å². The molecule has 0 spiro atoms. The standard InChI is InChI=1S/C24H29NO3/c1-17(2)24(16-26)12-7-13-25(15-24)23(27)28-14-22-20-10-5-3-8-18(20)19-9-4-6-11-21(19)22/h3-6,8-11,17,22,26H,7,12-16H2,1-2H3. The van der Waals surface area contributed by atoms with Gasteiger partial charge in [-0.3, -0.25) is 0 Å². The predicted octanol–water partition coefficient (Wildman–Crippen LogP) is 4.67. The van der Waals surface area contributed by atoms with Gasteiger partial charge in [0.05, 0.1) is 6.61 Å². The van der Waals surface area contributed by atoms with Crippen LogP contribution in [0.15, 0.2) is 48.5 Å². The van der Waals surface area contributed by atoms with Crippen molar-refractivity contribution in [2.24, 2.45) is 11.3 Å². The zero-order chi connectivity index (χ0) is 19.7. The van der Waals surface area contributed by atoms with Crippen LogP contribution in [0.3, 0.4) is 0 Å². The van der Waals surface area contributed by atoms with Gasteiger partial charge < -0.3 is 14.7 Å². The summed E-state index contributed by atoms with van der Waals surface area (Å²) in [4.78, 5) is 14.6. The fourth-order valence-electron chi connectivity index (χ4n) is 4.78. The SMILES string of the molecule is CC(C)C1(CO)CCCN(C(=O)OCC2c3ccccc3-c3ccccc32)C1. The molecule has 1 atom stereocenters. The number of carbonyl (C=O) groups excluding carboxylic acids is 1. The van der Waals surface area contributed by atoms with Crippen LogP contribution in [0.5, 0.6) is 0 Å². The molecule has 0 radical (unpaired) electrons. The number of benzene rings is 2. The third-order valence-electron chi connectivity index (χ3n) is 6.74. The van der Waals surface area contributed by atoms with Crippen molar-refractivity contribution in [3.05, 3.63) is 59.7 Å². The first-order chi connectivity index (χ1) is 13.6. The van der Waals surface area contributed by atoms with Gasteiger partial charge in [0.2, 0.25) is 0 Å². The molecule has 4 heteroatoms. The Morgan fingerprint density at radius 1 is 1.14 bits per heavy atom. The summed E-state index contributed by atoms with van der Waals surface area (Å²) in [7, 11) is 0. The normalized spacial score (nSPS) is 21.5. The number of hydrogen-bond acceptors (Lipinski definition) is 3. The fourth-order valence-corrected chi connectivity index (χ4v) is 4.78. The maximum atomic E-state index is 12.8. The van der Waals surface area contributed by atoms with Gasteiger partial charge in [0.1, 0.15) is 6.61 Å². The molecule has 1 unspecified atom stereocenters. The van der Waals surface area contributed by atoms with Gasteiger partial charge in [0.15, 0.2) is 0 Å². The van der Waals surface area contributed by atoms with Crippen LogP contribution in [0.4, 0.5) is 4.79 Å². The molecule has 1 aliphatic heterocycles. The second-order valence-electron chi connectivity index (χ2n) is 8.50. The summed E-state index contributed by atoms with van der Waals surface area (Å²) in [6.45, 7) is 5.97. The highest BCUT2D eigenvalue weighted by atomic mass is 16.6. The van der Waals surface area contributed by atoms with E-state index in [9.17, 15) is 9.90 Å². The first-order valence-corrected chi connectivity index (χ1v) is 10.3. The van der Waals surface area contributed by atoms with Gasteiger partial charge in [-0.25, -0.2) is 4.79 Å². The van der Waals surface area contributed by atoms with E-state index < -0.39 is 0 Å². The summed E-state index contributed by atoms with van der Waals surface area (Å²) in [5.74, 6) is 0.399. The molecule has 0 bridgehead atoms. The minimum Gasteiger partial charge on any atom is -0.448 e. The molecule has 1 N–H and O–H groups in total. The van der Waals surface area contributed by atoms with E-state index in [4.69, 9.17) is 4.74 Å². The molecule has 2 aromatic rings. The van der Waals surface area contributed by atoms with E-state index in [1.807, 2.05) is 12.1 Å². The average molecular weight is 380 g/mol. The van der Waals surface area contributed by atoms with Crippen molar-refractivity contribution in [3.8, 4) is 11.1 Å². The van der Waals surface area contributed by atoms with Crippen molar-refractivity contribution in [3.63, 3.8) is 0 Å². The summed E-state index contributed by atoms with van der Waals surface area (Å²) >= 11 is 0. The van der Waals surface area contributed by atoms with Gasteiger partial charge in [-0.1, -0.05) is 62.4 Å². The van der Waals surface area contributed by atoms with Crippen LogP contribution in [-0.4, -0.2) is 42.4 Å². The highest BCUT2D eigenvalue weighted by Crippen LogP contribution is 2.44.